The highest BCUT2D eigenvalue weighted by atomic mass is 16.4. The molecule has 6 heteroatoms. The summed E-state index contributed by atoms with van der Waals surface area (Å²) in [5.74, 6) is -0.574. The Labute approximate surface area is 238 Å². The molecule has 0 radical (unpaired) electrons. The molecule has 0 aromatic heterocycles. The number of aliphatic imine (C=N–C) groups is 1. The molecule has 0 bridgehead atoms. The number of carboxylic acids is 1. The number of carbonyl (C=O) groups is 1. The summed E-state index contributed by atoms with van der Waals surface area (Å²) in [6.45, 7) is 4.39. The first kappa shape index (κ1) is 27.9. The van der Waals surface area contributed by atoms with Crippen molar-refractivity contribution in [3.05, 3.63) is 76.4 Å². The fourth-order valence-electron chi connectivity index (χ4n) is 7.14. The van der Waals surface area contributed by atoms with Crippen LogP contribution in [0.25, 0.3) is 0 Å². The van der Waals surface area contributed by atoms with E-state index in [2.05, 4.69) is 60.9 Å². The van der Waals surface area contributed by atoms with Crippen LogP contribution in [0.15, 0.2) is 81.4 Å². The molecule has 5 rings (SSSR count). The van der Waals surface area contributed by atoms with Crippen LogP contribution in [0.1, 0.15) is 71.6 Å². The number of carboxylic acid groups (broad SMARTS) is 1. The summed E-state index contributed by atoms with van der Waals surface area (Å²) < 4.78 is 0. The van der Waals surface area contributed by atoms with Crippen LogP contribution in [0, 0.1) is 46.3 Å². The van der Waals surface area contributed by atoms with E-state index in [1.54, 1.807) is 0 Å². The molecular formula is C34H40N4O2. The van der Waals surface area contributed by atoms with Crippen molar-refractivity contribution in [1.82, 2.24) is 4.90 Å². The maximum absolute atomic E-state index is 11.5. The Hall–Kier alpha value is -3.68. The topological polar surface area (TPSA) is 101 Å². The van der Waals surface area contributed by atoms with Gasteiger partial charge in [0.05, 0.1) is 17.7 Å². The van der Waals surface area contributed by atoms with E-state index in [-0.39, 0.29) is 29.7 Å². The van der Waals surface area contributed by atoms with Gasteiger partial charge in [0.2, 0.25) is 0 Å². The molecular weight excluding hydrogens is 496 g/mol. The van der Waals surface area contributed by atoms with E-state index in [1.165, 1.54) is 0 Å². The van der Waals surface area contributed by atoms with Gasteiger partial charge in [0.25, 0.3) is 0 Å². The van der Waals surface area contributed by atoms with E-state index in [4.69, 9.17) is 4.99 Å². The monoisotopic (exact) mass is 536 g/mol. The number of hydrogen-bond donors (Lipinski definition) is 2. The summed E-state index contributed by atoms with van der Waals surface area (Å²) in [6, 6.07) is 2.59. The van der Waals surface area contributed by atoms with E-state index in [0.29, 0.717) is 18.7 Å². The minimum absolute atomic E-state index is 0.0505. The molecule has 3 aliphatic heterocycles. The third-order valence-corrected chi connectivity index (χ3v) is 9.38. The van der Waals surface area contributed by atoms with E-state index < -0.39 is 11.9 Å². The van der Waals surface area contributed by atoms with Gasteiger partial charge >= 0.3 is 5.97 Å². The molecule has 4 unspecified atom stereocenters. The smallest absolute Gasteiger partial charge is 0.306 e. The Balaban J connectivity index is 1.48. The lowest BCUT2D eigenvalue weighted by Gasteiger charge is -2.44. The van der Waals surface area contributed by atoms with E-state index in [9.17, 15) is 20.6 Å². The van der Waals surface area contributed by atoms with Gasteiger partial charge in [-0.05, 0) is 100 Å². The van der Waals surface area contributed by atoms with Crippen molar-refractivity contribution in [1.29, 1.82) is 10.7 Å². The number of hydrogen-bond acceptors (Lipinski definition) is 4. The molecule has 0 spiro atoms. The highest BCUT2D eigenvalue weighted by molar-refractivity contribution is 5.91. The first-order valence-electron chi connectivity index (χ1n) is 14.9. The number of rotatable bonds is 4. The van der Waals surface area contributed by atoms with Crippen molar-refractivity contribution in [3.8, 4) is 6.07 Å². The summed E-state index contributed by atoms with van der Waals surface area (Å²) in [7, 11) is 0. The third-order valence-electron chi connectivity index (χ3n) is 9.38. The van der Waals surface area contributed by atoms with Gasteiger partial charge < -0.3 is 10.0 Å². The summed E-state index contributed by atoms with van der Waals surface area (Å²) in [5.41, 5.74) is 8.53. The molecule has 0 amide bonds. The van der Waals surface area contributed by atoms with Crippen molar-refractivity contribution in [2.75, 3.05) is 0 Å². The van der Waals surface area contributed by atoms with Gasteiger partial charge in [-0.25, -0.2) is 0 Å². The average Bonchev–Trinajstić information content (AvgIpc) is 3.31. The summed E-state index contributed by atoms with van der Waals surface area (Å²) in [6.07, 6.45) is 24.4. The molecule has 40 heavy (non-hydrogen) atoms. The lowest BCUT2D eigenvalue weighted by molar-refractivity contribution is -0.143. The van der Waals surface area contributed by atoms with Crippen LogP contribution in [0.2, 0.25) is 0 Å². The molecule has 0 aromatic rings. The van der Waals surface area contributed by atoms with Gasteiger partial charge in [-0.15, -0.1) is 5.73 Å². The second-order valence-electron chi connectivity index (χ2n) is 11.9. The molecule has 1 saturated carbocycles. The van der Waals surface area contributed by atoms with E-state index in [0.717, 1.165) is 73.1 Å². The Bertz CT molecular complexity index is 1340. The third kappa shape index (κ3) is 5.62. The van der Waals surface area contributed by atoms with E-state index in [1.807, 2.05) is 18.4 Å². The molecule has 4 atom stereocenters. The molecule has 1 saturated heterocycles. The minimum atomic E-state index is -0.706. The van der Waals surface area contributed by atoms with Crippen LogP contribution < -0.4 is 0 Å². The number of nitrogens with one attached hydrogen (secondary N) is 1. The van der Waals surface area contributed by atoms with Crippen molar-refractivity contribution in [3.63, 3.8) is 0 Å². The van der Waals surface area contributed by atoms with Gasteiger partial charge in [-0.1, -0.05) is 37.3 Å². The highest BCUT2D eigenvalue weighted by Crippen LogP contribution is 2.44. The summed E-state index contributed by atoms with van der Waals surface area (Å²) in [5, 5.41) is 29.4. The van der Waals surface area contributed by atoms with Crippen LogP contribution in [0.3, 0.4) is 0 Å². The van der Waals surface area contributed by atoms with Crippen LogP contribution in [-0.2, 0) is 4.79 Å². The van der Waals surface area contributed by atoms with Crippen LogP contribution >= 0.6 is 0 Å². The number of nitrogens with zero attached hydrogens (tertiary/aromatic N) is 3. The number of fused-ring (bicyclic) bond motifs is 1. The summed E-state index contributed by atoms with van der Waals surface area (Å²) in [4.78, 5) is 18.5. The van der Waals surface area contributed by atoms with Crippen LogP contribution in [0.4, 0.5) is 0 Å². The Kier molecular flexibility index (Phi) is 8.52. The molecule has 3 heterocycles. The minimum Gasteiger partial charge on any atom is -0.481 e. The molecule has 208 valence electrons. The second-order valence-corrected chi connectivity index (χ2v) is 11.9. The largest absolute Gasteiger partial charge is 0.481 e. The van der Waals surface area contributed by atoms with Gasteiger partial charge in [-0.2, -0.15) is 5.26 Å². The standard InChI is InChI=1S/C34H40N4O2/c1-22-14-19-28(24-15-17-26(18-16-24)34(39)40)30(20-35)33(36)38-23(2)8-6-12-29(32(22)38)27-11-7-13-31(37-21-27)25-9-4-3-5-10-25/h4,6-7,9-10,12-13,21-24,26,28,30,36H,3,5,8,14-19H2,1-2H3,(H,39,40). The maximum Gasteiger partial charge on any atom is 0.306 e. The lowest BCUT2D eigenvalue weighted by atomic mass is 9.68. The first-order valence-corrected chi connectivity index (χ1v) is 14.9. The number of allylic oxidation sites excluding steroid dienone is 8. The Morgan fingerprint density at radius 1 is 1.12 bits per heavy atom. The zero-order valence-electron chi connectivity index (χ0n) is 23.6. The van der Waals surface area contributed by atoms with Gasteiger partial charge in [0.1, 0.15) is 11.8 Å². The first-order chi connectivity index (χ1) is 19.4. The molecule has 2 N–H and O–H groups in total. The molecule has 6 nitrogen and oxygen atoms in total. The van der Waals surface area contributed by atoms with Crippen molar-refractivity contribution in [2.24, 2.45) is 34.6 Å². The van der Waals surface area contributed by atoms with Crippen LogP contribution in [-0.4, -0.2) is 34.1 Å². The van der Waals surface area contributed by atoms with Gasteiger partial charge in [0, 0.05) is 29.1 Å². The van der Waals surface area contributed by atoms with E-state index >= 15 is 0 Å². The lowest BCUT2D eigenvalue weighted by Crippen LogP contribution is -2.47. The quantitative estimate of drug-likeness (QED) is 0.369. The van der Waals surface area contributed by atoms with Crippen molar-refractivity contribution in [2.45, 2.75) is 77.7 Å². The fraction of sp³-hybridized carbons (Fsp3) is 0.500. The predicted molar refractivity (Wildman–Crippen MR) is 159 cm³/mol. The fourth-order valence-corrected chi connectivity index (χ4v) is 7.14. The highest BCUT2D eigenvalue weighted by Gasteiger charge is 2.42. The number of aliphatic carboxylic acids is 1. The Morgan fingerprint density at radius 3 is 2.62 bits per heavy atom. The summed E-state index contributed by atoms with van der Waals surface area (Å²) >= 11 is 0. The zero-order valence-corrected chi connectivity index (χ0v) is 23.6. The van der Waals surface area contributed by atoms with Crippen LogP contribution in [0.5, 0.6) is 0 Å². The zero-order chi connectivity index (χ0) is 28.2. The second kappa shape index (κ2) is 12.2. The van der Waals surface area contributed by atoms with Gasteiger partial charge in [0.15, 0.2) is 0 Å². The molecule has 2 aliphatic carbocycles. The molecule has 5 aliphatic rings. The normalized spacial score (nSPS) is 32.6. The van der Waals surface area contributed by atoms with Gasteiger partial charge in [-0.3, -0.25) is 15.2 Å². The Morgan fingerprint density at radius 2 is 1.93 bits per heavy atom. The van der Waals surface area contributed by atoms with Crippen molar-refractivity contribution < 1.29 is 9.90 Å². The number of nitriles is 1. The molecule has 0 aromatic carbocycles. The van der Waals surface area contributed by atoms with Crippen molar-refractivity contribution >= 4 is 18.0 Å². The maximum atomic E-state index is 11.5. The average molecular weight is 537 g/mol. The SMILES string of the molecule is CC1CCC(C2CCC(C(=O)O)CC2)C(C#N)C(=N)N2C1=C(C1=C=CC=C(C3=CCCC=C3)N=C1)C=CCC2C. The predicted octanol–water partition coefficient (Wildman–Crippen LogP) is 7.27. The molecule has 2 fully saturated rings. The number of amidine groups is 1.